The molecule has 0 atom stereocenters. The van der Waals surface area contributed by atoms with Crippen molar-refractivity contribution in [2.75, 3.05) is 32.1 Å². The molecule has 3 N–H and O–H groups in total. The van der Waals surface area contributed by atoms with Gasteiger partial charge in [-0.2, -0.15) is 0 Å². The summed E-state index contributed by atoms with van der Waals surface area (Å²) < 4.78 is 36.6. The lowest BCUT2D eigenvalue weighted by Crippen LogP contribution is -2.32. The number of sulfonamides is 1. The first kappa shape index (κ1) is 23.2. The molecule has 0 saturated carbocycles. The lowest BCUT2D eigenvalue weighted by molar-refractivity contribution is -0.115. The topological polar surface area (TPSA) is 123 Å². The van der Waals surface area contributed by atoms with Gasteiger partial charge in [0.05, 0.1) is 24.7 Å². The van der Waals surface area contributed by atoms with E-state index in [1.807, 2.05) is 13.8 Å². The van der Waals surface area contributed by atoms with Crippen molar-refractivity contribution >= 4 is 27.5 Å². The summed E-state index contributed by atoms with van der Waals surface area (Å²) in [5.74, 6) is 0.0959. The van der Waals surface area contributed by atoms with Crippen LogP contribution in [0.3, 0.4) is 0 Å². The zero-order valence-corrected chi connectivity index (χ0v) is 17.8. The molecule has 2 aromatic carbocycles. The van der Waals surface area contributed by atoms with E-state index in [1.54, 1.807) is 18.2 Å². The lowest BCUT2D eigenvalue weighted by atomic mass is 10.2. The number of rotatable bonds is 10. The number of carbonyl (C=O) groups is 2. The van der Waals surface area contributed by atoms with E-state index in [0.29, 0.717) is 36.0 Å². The Labute approximate surface area is 175 Å². The minimum Gasteiger partial charge on any atom is -0.490 e. The minimum atomic E-state index is -3.55. The van der Waals surface area contributed by atoms with Crippen molar-refractivity contribution in [2.45, 2.75) is 18.7 Å². The number of hydrogen-bond acceptors (Lipinski definition) is 6. The summed E-state index contributed by atoms with van der Waals surface area (Å²) in [7, 11) is -2.23. The van der Waals surface area contributed by atoms with Crippen molar-refractivity contribution in [3.8, 4) is 11.5 Å². The van der Waals surface area contributed by atoms with Crippen LogP contribution in [0.4, 0.5) is 5.69 Å². The second kappa shape index (κ2) is 10.6. The fourth-order valence-corrected chi connectivity index (χ4v) is 3.23. The predicted octanol–water partition coefficient (Wildman–Crippen LogP) is 1.76. The molecule has 0 fully saturated rings. The molecule has 0 aromatic heterocycles. The summed E-state index contributed by atoms with van der Waals surface area (Å²) in [5.41, 5.74) is 0.736. The molecule has 0 bridgehead atoms. The van der Waals surface area contributed by atoms with Gasteiger partial charge in [0.2, 0.25) is 15.9 Å². The van der Waals surface area contributed by atoms with E-state index in [2.05, 4.69) is 15.4 Å². The van der Waals surface area contributed by atoms with Gasteiger partial charge in [0.15, 0.2) is 11.5 Å². The molecule has 30 heavy (non-hydrogen) atoms. The largest absolute Gasteiger partial charge is 0.490 e. The van der Waals surface area contributed by atoms with Gasteiger partial charge in [-0.1, -0.05) is 0 Å². The van der Waals surface area contributed by atoms with E-state index in [9.17, 15) is 18.0 Å². The quantitative estimate of drug-likeness (QED) is 0.523. The van der Waals surface area contributed by atoms with Gasteiger partial charge < -0.3 is 20.1 Å². The molecule has 0 radical (unpaired) electrons. The lowest BCUT2D eigenvalue weighted by Gasteiger charge is -2.12. The molecule has 2 aromatic rings. The molecule has 9 nitrogen and oxygen atoms in total. The normalized spacial score (nSPS) is 10.9. The third-order valence-corrected chi connectivity index (χ3v) is 5.36. The third kappa shape index (κ3) is 6.19. The van der Waals surface area contributed by atoms with E-state index in [0.717, 1.165) is 0 Å². The smallest absolute Gasteiger partial charge is 0.251 e. The number of nitrogens with one attached hydrogen (secondary N) is 3. The van der Waals surface area contributed by atoms with E-state index < -0.39 is 21.8 Å². The number of ether oxygens (including phenoxy) is 2. The molecule has 162 valence electrons. The number of amides is 2. The Morgan fingerprint density at radius 3 is 2.17 bits per heavy atom. The standard InChI is InChI=1S/C20H25N3O6S/c1-4-28-17-11-6-14(12-18(17)29-5-2)20(25)22-13-19(24)23-15-7-9-16(10-8-15)30(26,27)21-3/h6-12,21H,4-5,13H2,1-3H3,(H,22,25)(H,23,24). The van der Waals surface area contributed by atoms with Gasteiger partial charge in [-0.3, -0.25) is 9.59 Å². The highest BCUT2D eigenvalue weighted by molar-refractivity contribution is 7.89. The molecule has 0 heterocycles. The van der Waals surface area contributed by atoms with Crippen LogP contribution in [-0.4, -0.2) is 47.0 Å². The van der Waals surface area contributed by atoms with Gasteiger partial charge in [0, 0.05) is 11.3 Å². The summed E-state index contributed by atoms with van der Waals surface area (Å²) in [5, 5.41) is 5.12. The van der Waals surface area contributed by atoms with E-state index in [1.165, 1.54) is 31.3 Å². The Hall–Kier alpha value is -3.11. The molecule has 0 aliphatic carbocycles. The van der Waals surface area contributed by atoms with Crippen molar-refractivity contribution in [3.05, 3.63) is 48.0 Å². The number of benzene rings is 2. The zero-order chi connectivity index (χ0) is 22.1. The maximum absolute atomic E-state index is 12.4. The van der Waals surface area contributed by atoms with Gasteiger partial charge in [-0.05, 0) is 63.4 Å². The average molecular weight is 436 g/mol. The monoisotopic (exact) mass is 435 g/mol. The first-order valence-electron chi connectivity index (χ1n) is 9.32. The van der Waals surface area contributed by atoms with Crippen LogP contribution in [0.25, 0.3) is 0 Å². The van der Waals surface area contributed by atoms with E-state index >= 15 is 0 Å². The highest BCUT2D eigenvalue weighted by atomic mass is 32.2. The molecular formula is C20H25N3O6S. The van der Waals surface area contributed by atoms with Crippen molar-refractivity contribution in [2.24, 2.45) is 0 Å². The third-order valence-electron chi connectivity index (χ3n) is 3.93. The molecule has 2 rings (SSSR count). The van der Waals surface area contributed by atoms with Crippen LogP contribution in [0.2, 0.25) is 0 Å². The Balaban J connectivity index is 1.96. The molecule has 0 saturated heterocycles. The van der Waals surface area contributed by atoms with Crippen LogP contribution in [0.5, 0.6) is 11.5 Å². The summed E-state index contributed by atoms with van der Waals surface area (Å²) >= 11 is 0. The SMILES string of the molecule is CCOc1ccc(C(=O)NCC(=O)Nc2ccc(S(=O)(=O)NC)cc2)cc1OCC. The molecular weight excluding hydrogens is 410 g/mol. The second-order valence-corrected chi connectivity index (χ2v) is 7.88. The molecule has 2 amide bonds. The molecule has 0 spiro atoms. The van der Waals surface area contributed by atoms with Gasteiger partial charge >= 0.3 is 0 Å². The summed E-state index contributed by atoms with van der Waals surface area (Å²) in [6, 6.07) is 10.5. The van der Waals surface area contributed by atoms with Crippen molar-refractivity contribution < 1.29 is 27.5 Å². The van der Waals surface area contributed by atoms with Crippen LogP contribution in [0.15, 0.2) is 47.4 Å². The van der Waals surface area contributed by atoms with Gasteiger partial charge in [0.1, 0.15) is 0 Å². The number of hydrogen-bond donors (Lipinski definition) is 3. The van der Waals surface area contributed by atoms with Gasteiger partial charge in [-0.15, -0.1) is 0 Å². The van der Waals surface area contributed by atoms with Gasteiger partial charge in [-0.25, -0.2) is 13.1 Å². The summed E-state index contributed by atoms with van der Waals surface area (Å²) in [6.07, 6.45) is 0. The first-order valence-corrected chi connectivity index (χ1v) is 10.8. The van der Waals surface area contributed by atoms with E-state index in [4.69, 9.17) is 9.47 Å². The van der Waals surface area contributed by atoms with Gasteiger partial charge in [0.25, 0.3) is 5.91 Å². The Kier molecular flexibility index (Phi) is 8.19. The highest BCUT2D eigenvalue weighted by Gasteiger charge is 2.14. The molecule has 0 unspecified atom stereocenters. The maximum Gasteiger partial charge on any atom is 0.251 e. The van der Waals surface area contributed by atoms with Crippen LogP contribution in [0, 0.1) is 0 Å². The Morgan fingerprint density at radius 2 is 1.57 bits per heavy atom. The number of carbonyl (C=O) groups excluding carboxylic acids is 2. The highest BCUT2D eigenvalue weighted by Crippen LogP contribution is 2.28. The Bertz CT molecular complexity index is 990. The van der Waals surface area contributed by atoms with Crippen molar-refractivity contribution in [3.63, 3.8) is 0 Å². The van der Waals surface area contributed by atoms with Crippen molar-refractivity contribution in [1.29, 1.82) is 0 Å². The maximum atomic E-state index is 12.4. The fourth-order valence-electron chi connectivity index (χ4n) is 2.50. The fraction of sp³-hybridized carbons (Fsp3) is 0.300. The van der Waals surface area contributed by atoms with E-state index in [-0.39, 0.29) is 11.4 Å². The minimum absolute atomic E-state index is 0.0805. The van der Waals surface area contributed by atoms with Crippen LogP contribution in [0.1, 0.15) is 24.2 Å². The summed E-state index contributed by atoms with van der Waals surface area (Å²) in [4.78, 5) is 24.5. The predicted molar refractivity (Wildman–Crippen MR) is 112 cm³/mol. The average Bonchev–Trinajstić information content (AvgIpc) is 2.74. The number of anilines is 1. The van der Waals surface area contributed by atoms with Crippen LogP contribution >= 0.6 is 0 Å². The van der Waals surface area contributed by atoms with Crippen LogP contribution in [-0.2, 0) is 14.8 Å². The molecule has 0 aliphatic heterocycles. The summed E-state index contributed by atoms with van der Waals surface area (Å²) in [6.45, 7) is 4.30. The second-order valence-electron chi connectivity index (χ2n) is 5.99. The zero-order valence-electron chi connectivity index (χ0n) is 17.0. The first-order chi connectivity index (χ1) is 14.3. The molecule has 10 heteroatoms. The Morgan fingerprint density at radius 1 is 0.933 bits per heavy atom. The van der Waals surface area contributed by atoms with Crippen molar-refractivity contribution in [1.82, 2.24) is 10.0 Å². The van der Waals surface area contributed by atoms with Crippen LogP contribution < -0.4 is 24.8 Å². The molecule has 0 aliphatic rings.